The summed E-state index contributed by atoms with van der Waals surface area (Å²) in [5.41, 5.74) is 5.24. The molecule has 0 unspecified atom stereocenters. The first kappa shape index (κ1) is 19.7. The zero-order valence-electron chi connectivity index (χ0n) is 17.1. The van der Waals surface area contributed by atoms with Gasteiger partial charge in [0.25, 0.3) is 0 Å². The molecule has 6 nitrogen and oxygen atoms in total. The Morgan fingerprint density at radius 2 is 2.00 bits per heavy atom. The van der Waals surface area contributed by atoms with Gasteiger partial charge in [0.1, 0.15) is 5.69 Å². The predicted octanol–water partition coefficient (Wildman–Crippen LogP) is 5.62. The molecule has 5 rings (SSSR count). The Balaban J connectivity index is 1.26. The number of hydrogen-bond donors (Lipinski definition) is 2. The fourth-order valence-corrected chi connectivity index (χ4v) is 5.09. The molecule has 0 bridgehead atoms. The summed E-state index contributed by atoms with van der Waals surface area (Å²) in [5.74, 6) is 0. The lowest BCUT2D eigenvalue weighted by Crippen LogP contribution is -2.00. The van der Waals surface area contributed by atoms with E-state index in [9.17, 15) is 0 Å². The number of benzene rings is 1. The van der Waals surface area contributed by atoms with Gasteiger partial charge >= 0.3 is 0 Å². The van der Waals surface area contributed by atoms with Crippen LogP contribution in [0.2, 0.25) is 0 Å². The molecule has 156 valence electrons. The molecule has 4 aromatic heterocycles. The van der Waals surface area contributed by atoms with Crippen molar-refractivity contribution in [3.8, 4) is 21.8 Å². The van der Waals surface area contributed by atoms with Crippen LogP contribution in [0.15, 0.2) is 66.3 Å². The number of hydrogen-bond acceptors (Lipinski definition) is 6. The number of anilines is 1. The molecule has 0 fully saturated rings. The van der Waals surface area contributed by atoms with Crippen LogP contribution in [0.4, 0.5) is 5.13 Å². The average Bonchev–Trinajstić information content (AvgIpc) is 3.59. The van der Waals surface area contributed by atoms with E-state index >= 15 is 0 Å². The summed E-state index contributed by atoms with van der Waals surface area (Å²) in [6.07, 6.45) is 4.92. The van der Waals surface area contributed by atoms with E-state index in [0.717, 1.165) is 51.2 Å². The minimum absolute atomic E-state index is 0.655. The van der Waals surface area contributed by atoms with E-state index in [0.29, 0.717) is 6.54 Å². The monoisotopic (exact) mass is 446 g/mol. The Labute approximate surface area is 188 Å². The maximum absolute atomic E-state index is 4.77. The first-order valence-electron chi connectivity index (χ1n) is 10.1. The Morgan fingerprint density at radius 1 is 1.10 bits per heavy atom. The van der Waals surface area contributed by atoms with Crippen LogP contribution in [0.5, 0.6) is 0 Å². The van der Waals surface area contributed by atoms with Crippen molar-refractivity contribution in [1.82, 2.24) is 25.0 Å². The number of thiophene rings is 1. The van der Waals surface area contributed by atoms with Crippen LogP contribution in [0.3, 0.4) is 0 Å². The van der Waals surface area contributed by atoms with Crippen LogP contribution in [0, 0.1) is 6.92 Å². The van der Waals surface area contributed by atoms with Gasteiger partial charge in [-0.05, 0) is 30.0 Å². The van der Waals surface area contributed by atoms with E-state index in [1.807, 2.05) is 42.2 Å². The molecule has 1 aromatic carbocycles. The lowest BCUT2D eigenvalue weighted by atomic mass is 10.1. The third-order valence-electron chi connectivity index (χ3n) is 5.05. The van der Waals surface area contributed by atoms with Crippen molar-refractivity contribution < 1.29 is 0 Å². The number of aromatic amines is 1. The maximum Gasteiger partial charge on any atom is 0.183 e. The van der Waals surface area contributed by atoms with Gasteiger partial charge in [0.2, 0.25) is 0 Å². The van der Waals surface area contributed by atoms with Gasteiger partial charge in [0.05, 0.1) is 22.5 Å². The Bertz CT molecular complexity index is 1250. The third kappa shape index (κ3) is 4.45. The minimum atomic E-state index is 0.655. The molecule has 5 aromatic rings. The number of nitrogens with zero attached hydrogens (tertiary/aromatic N) is 4. The molecular weight excluding hydrogens is 424 g/mol. The highest BCUT2D eigenvalue weighted by Gasteiger charge is 2.14. The molecule has 0 aliphatic heterocycles. The SMILES string of the molecule is Cc1nc(NCc2cn[nH]c2-c2ccccc2)sc1-c1ccn(CCc2cccs2)n1. The van der Waals surface area contributed by atoms with Crippen molar-refractivity contribution in [2.24, 2.45) is 0 Å². The molecule has 2 N–H and O–H groups in total. The third-order valence-corrected chi connectivity index (χ3v) is 7.12. The predicted molar refractivity (Wildman–Crippen MR) is 127 cm³/mol. The van der Waals surface area contributed by atoms with Gasteiger partial charge in [0.15, 0.2) is 5.13 Å². The summed E-state index contributed by atoms with van der Waals surface area (Å²) in [6.45, 7) is 3.57. The summed E-state index contributed by atoms with van der Waals surface area (Å²) < 4.78 is 2.01. The summed E-state index contributed by atoms with van der Waals surface area (Å²) in [5, 5.41) is 18.6. The van der Waals surface area contributed by atoms with Crippen LogP contribution in [-0.4, -0.2) is 25.0 Å². The van der Waals surface area contributed by atoms with Gasteiger partial charge in [0, 0.05) is 36.1 Å². The van der Waals surface area contributed by atoms with E-state index in [1.165, 1.54) is 4.88 Å². The highest BCUT2D eigenvalue weighted by molar-refractivity contribution is 7.19. The van der Waals surface area contributed by atoms with Crippen LogP contribution in [0.25, 0.3) is 21.8 Å². The zero-order chi connectivity index (χ0) is 21.0. The summed E-state index contributed by atoms with van der Waals surface area (Å²) >= 11 is 3.43. The second kappa shape index (κ2) is 8.87. The lowest BCUT2D eigenvalue weighted by Gasteiger charge is -2.04. The van der Waals surface area contributed by atoms with Gasteiger partial charge in [-0.25, -0.2) is 4.98 Å². The smallest absolute Gasteiger partial charge is 0.183 e. The molecule has 0 aliphatic carbocycles. The Hall–Kier alpha value is -3.23. The van der Waals surface area contributed by atoms with Crippen LogP contribution in [0.1, 0.15) is 16.1 Å². The Kier molecular flexibility index (Phi) is 5.64. The Morgan fingerprint density at radius 3 is 2.84 bits per heavy atom. The fraction of sp³-hybridized carbons (Fsp3) is 0.174. The maximum atomic E-state index is 4.77. The summed E-state index contributed by atoms with van der Waals surface area (Å²) in [6, 6.07) is 16.6. The van der Waals surface area contributed by atoms with E-state index in [4.69, 9.17) is 10.1 Å². The standard InChI is InChI=1S/C23H22N6S2/c1-16-22(20-10-12-29(28-20)11-9-19-8-5-13-30-19)31-23(26-16)24-14-18-15-25-27-21(18)17-6-3-2-4-7-17/h2-8,10,12-13,15H,9,11,14H2,1H3,(H,24,26)(H,25,27). The molecule has 0 spiro atoms. The number of aryl methyl sites for hydroxylation is 3. The van der Waals surface area contributed by atoms with E-state index in [-0.39, 0.29) is 0 Å². The molecule has 4 heterocycles. The average molecular weight is 447 g/mol. The molecule has 0 atom stereocenters. The second-order valence-electron chi connectivity index (χ2n) is 7.22. The van der Waals surface area contributed by atoms with Crippen molar-refractivity contribution >= 4 is 27.8 Å². The number of H-pyrrole nitrogens is 1. The topological polar surface area (TPSA) is 71.4 Å². The molecular formula is C23H22N6S2. The van der Waals surface area contributed by atoms with Crippen molar-refractivity contribution in [1.29, 1.82) is 0 Å². The van der Waals surface area contributed by atoms with Gasteiger partial charge in [-0.15, -0.1) is 11.3 Å². The van der Waals surface area contributed by atoms with Gasteiger partial charge in [-0.3, -0.25) is 9.78 Å². The van der Waals surface area contributed by atoms with Crippen molar-refractivity contribution in [3.05, 3.63) is 82.4 Å². The van der Waals surface area contributed by atoms with Crippen molar-refractivity contribution in [2.45, 2.75) is 26.4 Å². The molecule has 8 heteroatoms. The molecule has 0 aliphatic rings. The molecule has 0 radical (unpaired) electrons. The quantitative estimate of drug-likeness (QED) is 0.324. The molecule has 31 heavy (non-hydrogen) atoms. The van der Waals surface area contributed by atoms with Gasteiger partial charge in [-0.2, -0.15) is 10.2 Å². The highest BCUT2D eigenvalue weighted by Crippen LogP contribution is 2.32. The van der Waals surface area contributed by atoms with Crippen molar-refractivity contribution in [3.63, 3.8) is 0 Å². The van der Waals surface area contributed by atoms with Crippen LogP contribution in [-0.2, 0) is 19.5 Å². The molecule has 0 saturated carbocycles. The van der Waals surface area contributed by atoms with Gasteiger partial charge < -0.3 is 5.32 Å². The van der Waals surface area contributed by atoms with E-state index in [1.54, 1.807) is 22.7 Å². The van der Waals surface area contributed by atoms with Crippen molar-refractivity contribution in [2.75, 3.05) is 5.32 Å². The number of nitrogens with one attached hydrogen (secondary N) is 2. The van der Waals surface area contributed by atoms with E-state index in [2.05, 4.69) is 51.2 Å². The number of thiazole rings is 1. The first-order chi connectivity index (χ1) is 15.3. The van der Waals surface area contributed by atoms with Gasteiger partial charge in [-0.1, -0.05) is 47.7 Å². The number of rotatable bonds is 8. The molecule has 0 amide bonds. The second-order valence-corrected chi connectivity index (χ2v) is 9.25. The summed E-state index contributed by atoms with van der Waals surface area (Å²) in [7, 11) is 0. The zero-order valence-corrected chi connectivity index (χ0v) is 18.7. The largest absolute Gasteiger partial charge is 0.357 e. The normalized spacial score (nSPS) is 11.1. The fourth-order valence-electron chi connectivity index (χ4n) is 3.47. The van der Waals surface area contributed by atoms with E-state index < -0.39 is 0 Å². The lowest BCUT2D eigenvalue weighted by molar-refractivity contribution is 0.620. The highest BCUT2D eigenvalue weighted by atomic mass is 32.1. The summed E-state index contributed by atoms with van der Waals surface area (Å²) in [4.78, 5) is 7.20. The first-order valence-corrected chi connectivity index (χ1v) is 11.8. The van der Waals surface area contributed by atoms with Crippen LogP contribution < -0.4 is 5.32 Å². The van der Waals surface area contributed by atoms with Crippen LogP contribution >= 0.6 is 22.7 Å². The number of aromatic nitrogens is 5. The molecule has 0 saturated heterocycles. The minimum Gasteiger partial charge on any atom is -0.357 e.